The van der Waals surface area contributed by atoms with Crippen LogP contribution in [0.3, 0.4) is 0 Å². The second-order valence-corrected chi connectivity index (χ2v) is 9.81. The number of nitrogens with zero attached hydrogens (tertiary/aromatic N) is 4. The molecule has 0 radical (unpaired) electrons. The Morgan fingerprint density at radius 1 is 1.09 bits per heavy atom. The van der Waals surface area contributed by atoms with E-state index in [1.54, 1.807) is 6.20 Å². The Kier molecular flexibility index (Phi) is 7.04. The van der Waals surface area contributed by atoms with Crippen molar-refractivity contribution in [2.24, 2.45) is 0 Å². The highest BCUT2D eigenvalue weighted by atomic mass is 32.2. The van der Waals surface area contributed by atoms with E-state index in [0.29, 0.717) is 36.2 Å². The number of hydrogen-bond acceptors (Lipinski definition) is 7. The average molecular weight is 490 g/mol. The smallest absolute Gasteiger partial charge is 0.263 e. The number of anilines is 2. The Labute approximate surface area is 210 Å². The van der Waals surface area contributed by atoms with Crippen LogP contribution in [0.25, 0.3) is 0 Å². The first-order valence-corrected chi connectivity index (χ1v) is 13.3. The van der Waals surface area contributed by atoms with Crippen molar-refractivity contribution in [1.82, 2.24) is 15.3 Å². The summed E-state index contributed by atoms with van der Waals surface area (Å²) in [5, 5.41) is 4.12. The van der Waals surface area contributed by atoms with E-state index in [1.807, 2.05) is 41.3 Å². The maximum atomic E-state index is 13.5. The zero-order chi connectivity index (χ0) is 24.3. The minimum Gasteiger partial charge on any atom is -0.366 e. The molecule has 1 fully saturated rings. The number of benzene rings is 2. The van der Waals surface area contributed by atoms with Gasteiger partial charge < -0.3 is 19.9 Å². The molecule has 0 aliphatic carbocycles. The Morgan fingerprint density at radius 2 is 1.89 bits per heavy atom. The fourth-order valence-electron chi connectivity index (χ4n) is 4.87. The van der Waals surface area contributed by atoms with Crippen LogP contribution in [0.5, 0.6) is 0 Å². The summed E-state index contributed by atoms with van der Waals surface area (Å²) in [5.74, 6) is 0.612. The van der Waals surface area contributed by atoms with Crippen LogP contribution in [0.4, 0.5) is 11.5 Å². The molecular formula is C27H31N5O2S. The SMILES string of the molecule is CSc1ncc2c(n1)N(C)CCN(c1cccc(COC3(c4ccccc4)CCNCC3)c1)C2=O. The van der Waals surface area contributed by atoms with Crippen LogP contribution in [-0.4, -0.2) is 55.4 Å². The summed E-state index contributed by atoms with van der Waals surface area (Å²) >= 11 is 1.47. The normalized spacial score (nSPS) is 17.7. The second kappa shape index (κ2) is 10.4. The van der Waals surface area contributed by atoms with Gasteiger partial charge in [0.25, 0.3) is 5.91 Å². The molecule has 2 aliphatic rings. The summed E-state index contributed by atoms with van der Waals surface area (Å²) in [5.41, 5.74) is 3.38. The molecule has 7 nitrogen and oxygen atoms in total. The molecule has 0 unspecified atom stereocenters. The highest BCUT2D eigenvalue weighted by molar-refractivity contribution is 7.98. The molecule has 0 saturated carbocycles. The van der Waals surface area contributed by atoms with E-state index >= 15 is 0 Å². The largest absolute Gasteiger partial charge is 0.366 e. The summed E-state index contributed by atoms with van der Waals surface area (Å²) in [6, 6.07) is 18.7. The van der Waals surface area contributed by atoms with Gasteiger partial charge in [0.2, 0.25) is 0 Å². The molecule has 0 bridgehead atoms. The lowest BCUT2D eigenvalue weighted by atomic mass is 9.84. The maximum absolute atomic E-state index is 13.5. The number of piperidine rings is 1. The number of likely N-dealkylation sites (N-methyl/N-ethyl adjacent to an activating group) is 1. The topological polar surface area (TPSA) is 70.6 Å². The van der Waals surface area contributed by atoms with E-state index in [2.05, 4.69) is 51.7 Å². The maximum Gasteiger partial charge on any atom is 0.263 e. The van der Waals surface area contributed by atoms with Crippen LogP contribution in [-0.2, 0) is 16.9 Å². The van der Waals surface area contributed by atoms with Gasteiger partial charge in [0, 0.05) is 32.0 Å². The molecule has 5 rings (SSSR count). The molecule has 3 heterocycles. The van der Waals surface area contributed by atoms with Crippen LogP contribution in [0.2, 0.25) is 0 Å². The van der Waals surface area contributed by atoms with Crippen LogP contribution in [0, 0.1) is 0 Å². The third-order valence-electron chi connectivity index (χ3n) is 6.87. The number of fused-ring (bicyclic) bond motifs is 1. The Hall–Kier alpha value is -2.94. The number of ether oxygens (including phenoxy) is 1. The number of carbonyl (C=O) groups excluding carboxylic acids is 1. The molecule has 2 aromatic carbocycles. The number of nitrogens with one attached hydrogen (secondary N) is 1. The van der Waals surface area contributed by atoms with Crippen molar-refractivity contribution < 1.29 is 9.53 Å². The molecular weight excluding hydrogens is 458 g/mol. The predicted molar refractivity (Wildman–Crippen MR) is 140 cm³/mol. The summed E-state index contributed by atoms with van der Waals surface area (Å²) in [7, 11) is 1.97. The highest BCUT2D eigenvalue weighted by Gasteiger charge is 2.35. The molecule has 0 atom stereocenters. The van der Waals surface area contributed by atoms with Gasteiger partial charge in [0.15, 0.2) is 5.16 Å². The minimum absolute atomic E-state index is 0.0748. The van der Waals surface area contributed by atoms with E-state index in [9.17, 15) is 4.79 Å². The summed E-state index contributed by atoms with van der Waals surface area (Å²) in [6.45, 7) is 3.62. The fourth-order valence-corrected chi connectivity index (χ4v) is 5.21. The molecule has 8 heteroatoms. The first-order chi connectivity index (χ1) is 17.1. The standard InChI is InChI=1S/C27H31N5O2S/c1-31-15-16-32(25(33)23-18-29-26(35-2)30-24(23)31)22-10-6-7-20(17-22)19-34-27(11-13-28-14-12-27)21-8-4-3-5-9-21/h3-10,17-18,28H,11-16,19H2,1-2H3. The van der Waals surface area contributed by atoms with Crippen LogP contribution >= 0.6 is 11.8 Å². The zero-order valence-corrected chi connectivity index (χ0v) is 21.1. The first kappa shape index (κ1) is 23.8. The third kappa shape index (κ3) is 4.91. The molecule has 1 aromatic heterocycles. The van der Waals surface area contributed by atoms with Crippen molar-refractivity contribution >= 4 is 29.2 Å². The van der Waals surface area contributed by atoms with E-state index in [4.69, 9.17) is 4.74 Å². The van der Waals surface area contributed by atoms with Gasteiger partial charge >= 0.3 is 0 Å². The molecule has 1 N–H and O–H groups in total. The van der Waals surface area contributed by atoms with Crippen LogP contribution in [0.1, 0.15) is 34.3 Å². The number of amides is 1. The van der Waals surface area contributed by atoms with Crippen molar-refractivity contribution in [3.8, 4) is 0 Å². The molecule has 1 amide bonds. The highest BCUT2D eigenvalue weighted by Crippen LogP contribution is 2.36. The summed E-state index contributed by atoms with van der Waals surface area (Å²) in [4.78, 5) is 26.3. The van der Waals surface area contributed by atoms with Crippen molar-refractivity contribution in [2.45, 2.75) is 30.2 Å². The molecule has 2 aliphatic heterocycles. The van der Waals surface area contributed by atoms with Crippen molar-refractivity contribution in [1.29, 1.82) is 0 Å². The Balaban J connectivity index is 1.38. The van der Waals surface area contributed by atoms with Gasteiger partial charge in [-0.1, -0.05) is 54.2 Å². The number of thioether (sulfide) groups is 1. The summed E-state index contributed by atoms with van der Waals surface area (Å²) in [6.07, 6.45) is 5.45. The lowest BCUT2D eigenvalue weighted by Gasteiger charge is -2.38. The predicted octanol–water partition coefficient (Wildman–Crippen LogP) is 4.09. The number of aromatic nitrogens is 2. The second-order valence-electron chi connectivity index (χ2n) is 9.04. The summed E-state index contributed by atoms with van der Waals surface area (Å²) < 4.78 is 6.66. The van der Waals surface area contributed by atoms with Crippen LogP contribution in [0.15, 0.2) is 66.0 Å². The Morgan fingerprint density at radius 3 is 2.66 bits per heavy atom. The van der Waals surface area contributed by atoms with Crippen molar-refractivity contribution in [2.75, 3.05) is 49.3 Å². The number of rotatable bonds is 6. The van der Waals surface area contributed by atoms with Gasteiger partial charge in [-0.15, -0.1) is 0 Å². The average Bonchev–Trinajstić information content (AvgIpc) is 3.04. The van der Waals surface area contributed by atoms with Gasteiger partial charge in [-0.25, -0.2) is 9.97 Å². The molecule has 1 saturated heterocycles. The third-order valence-corrected chi connectivity index (χ3v) is 7.44. The van der Waals surface area contributed by atoms with Crippen molar-refractivity contribution in [3.63, 3.8) is 0 Å². The Bertz CT molecular complexity index is 1180. The van der Waals surface area contributed by atoms with Gasteiger partial charge in [0.05, 0.1) is 12.2 Å². The monoisotopic (exact) mass is 489 g/mol. The molecule has 35 heavy (non-hydrogen) atoms. The molecule has 182 valence electrons. The van der Waals surface area contributed by atoms with E-state index < -0.39 is 0 Å². The lowest BCUT2D eigenvalue weighted by Crippen LogP contribution is -2.41. The zero-order valence-electron chi connectivity index (χ0n) is 20.2. The van der Waals surface area contributed by atoms with Crippen molar-refractivity contribution in [3.05, 3.63) is 77.5 Å². The van der Waals surface area contributed by atoms with Gasteiger partial charge in [-0.2, -0.15) is 0 Å². The minimum atomic E-state index is -0.297. The van der Waals surface area contributed by atoms with Gasteiger partial charge in [-0.05, 0) is 55.4 Å². The fraction of sp³-hybridized carbons (Fsp3) is 0.370. The number of hydrogen-bond donors (Lipinski definition) is 1. The molecule has 3 aromatic rings. The van der Waals surface area contributed by atoms with Crippen LogP contribution < -0.4 is 15.1 Å². The lowest BCUT2D eigenvalue weighted by molar-refractivity contribution is -0.0819. The first-order valence-electron chi connectivity index (χ1n) is 12.0. The van der Waals surface area contributed by atoms with E-state index in [-0.39, 0.29) is 11.5 Å². The molecule has 0 spiro atoms. The van der Waals surface area contributed by atoms with Gasteiger partial charge in [0.1, 0.15) is 11.4 Å². The quantitative estimate of drug-likeness (QED) is 0.413. The van der Waals surface area contributed by atoms with E-state index in [0.717, 1.165) is 37.2 Å². The van der Waals surface area contributed by atoms with E-state index in [1.165, 1.54) is 17.3 Å². The van der Waals surface area contributed by atoms with Gasteiger partial charge in [-0.3, -0.25) is 4.79 Å². The number of carbonyl (C=O) groups is 1.